The molecule has 1 aliphatic rings. The summed E-state index contributed by atoms with van der Waals surface area (Å²) in [4.78, 5) is 0. The molecule has 0 spiro atoms. The summed E-state index contributed by atoms with van der Waals surface area (Å²) in [5.74, 6) is 0.373. The fourth-order valence-corrected chi connectivity index (χ4v) is 7.82. The van der Waals surface area contributed by atoms with E-state index in [-0.39, 0.29) is 0 Å². The molecule has 1 atom stereocenters. The third-order valence-corrected chi connectivity index (χ3v) is 10.2. The molecule has 0 saturated carbocycles. The number of allylic oxidation sites excluding steroid dienone is 4. The van der Waals surface area contributed by atoms with Gasteiger partial charge in [-0.3, -0.25) is 0 Å². The van der Waals surface area contributed by atoms with Crippen LogP contribution in [-0.2, 0) is 0 Å². The molecule has 0 aliphatic heterocycles. The topological polar surface area (TPSA) is 38.3 Å². The van der Waals surface area contributed by atoms with E-state index in [9.17, 15) is 0 Å². The van der Waals surface area contributed by atoms with E-state index in [1.165, 1.54) is 16.7 Å². The van der Waals surface area contributed by atoms with Crippen molar-refractivity contribution in [3.8, 4) is 33.4 Å². The first-order chi connectivity index (χ1) is 25.3. The first-order valence-corrected chi connectivity index (χ1v) is 17.5. The van der Waals surface area contributed by atoms with Gasteiger partial charge in [0.05, 0.1) is 11.1 Å². The second kappa shape index (κ2) is 12.1. The van der Waals surface area contributed by atoms with E-state index >= 15 is 0 Å². The standard InChI is InChI=1S/C48H33NO2/c1-2-12-31(13-3-1)36-16-4-5-17-37(36)33-14-8-15-34(30-33)38-19-10-24-44-46(38)47-42(22-11-25-45(47)50-44)49-35-28-26-32(27-29-35)39-20-9-21-41-40-18-6-7-23-43(40)51-48(39)41/h1-12,14-31,49H,13H2. The Morgan fingerprint density at radius 3 is 2.06 bits per heavy atom. The van der Waals surface area contributed by atoms with Gasteiger partial charge in [-0.15, -0.1) is 0 Å². The van der Waals surface area contributed by atoms with E-state index in [2.05, 4.69) is 169 Å². The Morgan fingerprint density at radius 1 is 0.490 bits per heavy atom. The van der Waals surface area contributed by atoms with Crippen LogP contribution in [0.3, 0.4) is 0 Å². The fourth-order valence-electron chi connectivity index (χ4n) is 7.82. The van der Waals surface area contributed by atoms with Crippen LogP contribution >= 0.6 is 0 Å². The first-order valence-electron chi connectivity index (χ1n) is 17.5. The second-order valence-electron chi connectivity index (χ2n) is 13.3. The zero-order valence-electron chi connectivity index (χ0n) is 27.8. The molecule has 0 bridgehead atoms. The Balaban J connectivity index is 1.03. The summed E-state index contributed by atoms with van der Waals surface area (Å²) >= 11 is 0. The molecule has 0 amide bonds. The van der Waals surface area contributed by atoms with E-state index in [0.717, 1.165) is 83.9 Å². The van der Waals surface area contributed by atoms with Crippen LogP contribution in [0, 0.1) is 0 Å². The molecule has 2 aromatic heterocycles. The lowest BCUT2D eigenvalue weighted by Gasteiger charge is -2.18. The quantitative estimate of drug-likeness (QED) is 0.194. The zero-order valence-corrected chi connectivity index (χ0v) is 27.8. The number of para-hydroxylation sites is 2. The highest BCUT2D eigenvalue weighted by atomic mass is 16.3. The Labute approximate surface area is 295 Å². The average Bonchev–Trinajstić information content (AvgIpc) is 3.78. The van der Waals surface area contributed by atoms with Crippen LogP contribution in [0.15, 0.2) is 185 Å². The van der Waals surface area contributed by atoms with Crippen LogP contribution in [0.1, 0.15) is 17.9 Å². The molecule has 2 heterocycles. The molecular weight excluding hydrogens is 623 g/mol. The van der Waals surface area contributed by atoms with E-state index in [1.54, 1.807) is 0 Å². The molecule has 0 radical (unpaired) electrons. The van der Waals surface area contributed by atoms with Gasteiger partial charge < -0.3 is 14.2 Å². The number of hydrogen-bond acceptors (Lipinski definition) is 3. The van der Waals surface area contributed by atoms with Crippen molar-refractivity contribution < 1.29 is 8.83 Å². The van der Waals surface area contributed by atoms with Crippen molar-refractivity contribution in [3.63, 3.8) is 0 Å². The normalized spacial score (nSPS) is 14.2. The molecule has 0 saturated heterocycles. The lowest BCUT2D eigenvalue weighted by atomic mass is 9.86. The molecule has 0 fully saturated rings. The number of rotatable bonds is 6. The number of hydrogen-bond donors (Lipinski definition) is 1. The molecule has 3 heteroatoms. The summed E-state index contributed by atoms with van der Waals surface area (Å²) in [6, 6.07) is 53.5. The Morgan fingerprint density at radius 2 is 1.18 bits per heavy atom. The maximum atomic E-state index is 6.48. The van der Waals surface area contributed by atoms with Crippen LogP contribution in [0.2, 0.25) is 0 Å². The van der Waals surface area contributed by atoms with Crippen molar-refractivity contribution >= 4 is 55.3 Å². The maximum Gasteiger partial charge on any atom is 0.143 e. The Bertz CT molecular complexity index is 2810. The van der Waals surface area contributed by atoms with Gasteiger partial charge in [0.2, 0.25) is 0 Å². The zero-order chi connectivity index (χ0) is 33.7. The third-order valence-electron chi connectivity index (χ3n) is 10.2. The molecule has 7 aromatic carbocycles. The molecule has 51 heavy (non-hydrogen) atoms. The smallest absolute Gasteiger partial charge is 0.143 e. The molecule has 1 unspecified atom stereocenters. The van der Waals surface area contributed by atoms with Gasteiger partial charge >= 0.3 is 0 Å². The van der Waals surface area contributed by atoms with Gasteiger partial charge in [-0.25, -0.2) is 0 Å². The number of anilines is 2. The third kappa shape index (κ3) is 5.05. The van der Waals surface area contributed by atoms with Gasteiger partial charge in [0, 0.05) is 33.3 Å². The van der Waals surface area contributed by atoms with E-state index in [4.69, 9.17) is 8.83 Å². The summed E-state index contributed by atoms with van der Waals surface area (Å²) in [6.07, 6.45) is 9.88. The van der Waals surface area contributed by atoms with Gasteiger partial charge in [-0.1, -0.05) is 133 Å². The molecule has 10 rings (SSSR count). The van der Waals surface area contributed by atoms with Crippen LogP contribution in [0.4, 0.5) is 11.4 Å². The van der Waals surface area contributed by atoms with E-state index < -0.39 is 0 Å². The van der Waals surface area contributed by atoms with Crippen molar-refractivity contribution in [2.75, 3.05) is 5.32 Å². The molecule has 3 nitrogen and oxygen atoms in total. The van der Waals surface area contributed by atoms with Crippen LogP contribution in [-0.4, -0.2) is 0 Å². The predicted molar refractivity (Wildman–Crippen MR) is 213 cm³/mol. The minimum atomic E-state index is 0.373. The minimum absolute atomic E-state index is 0.373. The van der Waals surface area contributed by atoms with Crippen LogP contribution in [0.5, 0.6) is 0 Å². The predicted octanol–water partition coefficient (Wildman–Crippen LogP) is 13.8. The fraction of sp³-hybridized carbons (Fsp3) is 0.0417. The number of furan rings is 2. The Kier molecular flexibility index (Phi) is 6.95. The maximum absolute atomic E-state index is 6.48. The highest BCUT2D eigenvalue weighted by Crippen LogP contribution is 2.43. The molecule has 1 N–H and O–H groups in total. The molecule has 242 valence electrons. The monoisotopic (exact) mass is 655 g/mol. The molecule has 1 aliphatic carbocycles. The number of benzene rings is 7. The lowest BCUT2D eigenvalue weighted by molar-refractivity contribution is 0.669. The van der Waals surface area contributed by atoms with Gasteiger partial charge in [0.15, 0.2) is 0 Å². The number of nitrogens with one attached hydrogen (secondary N) is 1. The van der Waals surface area contributed by atoms with E-state index in [1.807, 2.05) is 12.1 Å². The summed E-state index contributed by atoms with van der Waals surface area (Å²) in [5.41, 5.74) is 13.9. The van der Waals surface area contributed by atoms with E-state index in [0.29, 0.717) is 5.92 Å². The van der Waals surface area contributed by atoms with Gasteiger partial charge in [-0.2, -0.15) is 0 Å². The average molecular weight is 656 g/mol. The first kappa shape index (κ1) is 29.3. The van der Waals surface area contributed by atoms with Crippen LogP contribution in [0.25, 0.3) is 77.3 Å². The van der Waals surface area contributed by atoms with Gasteiger partial charge in [-0.05, 0) is 82.3 Å². The summed E-state index contributed by atoms with van der Waals surface area (Å²) in [7, 11) is 0. The largest absolute Gasteiger partial charge is 0.456 e. The SMILES string of the molecule is C1=CCC(c2ccccc2-c2cccc(-c3cccc4oc5cccc(Nc6ccc(-c7cccc8c7oc7ccccc78)cc6)c5c34)c2)C=C1. The Hall–Kier alpha value is -6.58. The highest BCUT2D eigenvalue weighted by molar-refractivity contribution is 6.18. The molecule has 9 aromatic rings. The van der Waals surface area contributed by atoms with Crippen molar-refractivity contribution in [2.24, 2.45) is 0 Å². The summed E-state index contributed by atoms with van der Waals surface area (Å²) in [6.45, 7) is 0. The number of fused-ring (bicyclic) bond motifs is 6. The molecular formula is C48H33NO2. The summed E-state index contributed by atoms with van der Waals surface area (Å²) in [5, 5.41) is 8.18. The minimum Gasteiger partial charge on any atom is -0.456 e. The second-order valence-corrected chi connectivity index (χ2v) is 13.3. The lowest BCUT2D eigenvalue weighted by Crippen LogP contribution is -1.99. The van der Waals surface area contributed by atoms with Crippen molar-refractivity contribution in [1.29, 1.82) is 0 Å². The van der Waals surface area contributed by atoms with Crippen molar-refractivity contribution in [2.45, 2.75) is 12.3 Å². The van der Waals surface area contributed by atoms with Gasteiger partial charge in [0.1, 0.15) is 22.3 Å². The van der Waals surface area contributed by atoms with Crippen molar-refractivity contribution in [3.05, 3.63) is 182 Å². The van der Waals surface area contributed by atoms with Gasteiger partial charge in [0.25, 0.3) is 0 Å². The van der Waals surface area contributed by atoms with Crippen LogP contribution < -0.4 is 5.32 Å². The highest BCUT2D eigenvalue weighted by Gasteiger charge is 2.18. The van der Waals surface area contributed by atoms with Crippen molar-refractivity contribution in [1.82, 2.24) is 0 Å². The summed E-state index contributed by atoms with van der Waals surface area (Å²) < 4.78 is 12.8.